The van der Waals surface area contributed by atoms with E-state index < -0.39 is 0 Å². The van der Waals surface area contributed by atoms with Crippen LogP contribution in [0.3, 0.4) is 0 Å². The van der Waals surface area contributed by atoms with Crippen LogP contribution in [0.5, 0.6) is 0 Å². The minimum Gasteiger partial charge on any atom is -0.395 e. The number of halogens is 1. The van der Waals surface area contributed by atoms with E-state index in [-0.39, 0.29) is 12.4 Å². The monoisotopic (exact) mass is 280 g/mol. The van der Waals surface area contributed by atoms with E-state index in [0.717, 1.165) is 24.3 Å². The molecule has 0 aliphatic carbocycles. The van der Waals surface area contributed by atoms with Gasteiger partial charge in [-0.1, -0.05) is 0 Å². The number of hydrogen-bond donors (Lipinski definition) is 2. The molecule has 1 heterocycles. The summed E-state index contributed by atoms with van der Waals surface area (Å²) in [7, 11) is 1.92. The maximum atomic E-state index is 13.3. The first-order chi connectivity index (χ1) is 9.65. The van der Waals surface area contributed by atoms with Crippen LogP contribution in [-0.2, 0) is 13.1 Å². The highest BCUT2D eigenvalue weighted by atomic mass is 19.1. The minimum absolute atomic E-state index is 0.105. The highest BCUT2D eigenvalue weighted by molar-refractivity contribution is 5.76. The smallest absolute Gasteiger partial charge is 0.125 e. The van der Waals surface area contributed by atoms with Crippen molar-refractivity contribution < 1.29 is 9.50 Å². The van der Waals surface area contributed by atoms with Gasteiger partial charge in [0.1, 0.15) is 11.6 Å². The van der Waals surface area contributed by atoms with Gasteiger partial charge in [0, 0.05) is 19.2 Å². The number of imidazole rings is 1. The van der Waals surface area contributed by atoms with Crippen LogP contribution in [0.1, 0.15) is 12.2 Å². The molecule has 2 aromatic rings. The predicted octanol–water partition coefficient (Wildman–Crippen LogP) is 0.948. The van der Waals surface area contributed by atoms with Crippen molar-refractivity contribution in [3.05, 3.63) is 29.8 Å². The van der Waals surface area contributed by atoms with Gasteiger partial charge in [0.2, 0.25) is 0 Å². The lowest BCUT2D eigenvalue weighted by Gasteiger charge is -2.16. The Bertz CT molecular complexity index is 570. The van der Waals surface area contributed by atoms with Crippen LogP contribution in [-0.4, -0.2) is 46.3 Å². The van der Waals surface area contributed by atoms with Crippen LogP contribution in [0, 0.1) is 5.82 Å². The molecule has 0 aliphatic heterocycles. The van der Waals surface area contributed by atoms with Crippen LogP contribution in [0.15, 0.2) is 18.2 Å². The maximum Gasteiger partial charge on any atom is 0.125 e. The Morgan fingerprint density at radius 2 is 2.25 bits per heavy atom. The number of hydrogen-bond acceptors (Lipinski definition) is 4. The van der Waals surface area contributed by atoms with E-state index in [1.165, 1.54) is 12.1 Å². The van der Waals surface area contributed by atoms with E-state index >= 15 is 0 Å². The number of aliphatic hydroxyl groups excluding tert-OH is 1. The van der Waals surface area contributed by atoms with Crippen LogP contribution >= 0.6 is 0 Å². The van der Waals surface area contributed by atoms with E-state index in [0.29, 0.717) is 25.2 Å². The third-order valence-corrected chi connectivity index (χ3v) is 3.27. The summed E-state index contributed by atoms with van der Waals surface area (Å²) in [6, 6.07) is 4.65. The van der Waals surface area contributed by atoms with E-state index in [4.69, 9.17) is 10.8 Å². The number of nitrogens with zero attached hydrogens (tertiary/aromatic N) is 3. The summed E-state index contributed by atoms with van der Waals surface area (Å²) < 4.78 is 15.4. The van der Waals surface area contributed by atoms with E-state index in [1.807, 2.05) is 11.9 Å². The van der Waals surface area contributed by atoms with Crippen molar-refractivity contribution in [2.45, 2.75) is 19.5 Å². The van der Waals surface area contributed by atoms with Gasteiger partial charge in [-0.3, -0.25) is 4.90 Å². The third-order valence-electron chi connectivity index (χ3n) is 3.27. The molecule has 6 heteroatoms. The van der Waals surface area contributed by atoms with Crippen LogP contribution in [0.25, 0.3) is 11.0 Å². The number of fused-ring (bicyclic) bond motifs is 1. The molecule has 0 spiro atoms. The molecule has 3 N–H and O–H groups in total. The lowest BCUT2D eigenvalue weighted by Crippen LogP contribution is -2.24. The summed E-state index contributed by atoms with van der Waals surface area (Å²) in [4.78, 5) is 6.49. The zero-order valence-electron chi connectivity index (χ0n) is 11.7. The lowest BCUT2D eigenvalue weighted by molar-refractivity contribution is 0.213. The summed E-state index contributed by atoms with van der Waals surface area (Å²) in [5.74, 6) is 0.589. The SMILES string of the molecule is CN(CCO)Cc1nc2cc(F)ccc2n1CCCN. The van der Waals surface area contributed by atoms with E-state index in [9.17, 15) is 4.39 Å². The molecule has 20 heavy (non-hydrogen) atoms. The van der Waals surface area contributed by atoms with Crippen molar-refractivity contribution in [3.8, 4) is 0 Å². The summed E-state index contributed by atoms with van der Waals surface area (Å²) in [6.07, 6.45) is 0.847. The molecule has 0 fully saturated rings. The molecule has 0 saturated carbocycles. The summed E-state index contributed by atoms with van der Waals surface area (Å²) >= 11 is 0. The molecule has 0 bridgehead atoms. The van der Waals surface area contributed by atoms with Crippen molar-refractivity contribution in [1.82, 2.24) is 14.5 Å². The molecule has 1 aromatic carbocycles. The molecule has 0 radical (unpaired) electrons. The van der Waals surface area contributed by atoms with Crippen LogP contribution in [0.4, 0.5) is 4.39 Å². The van der Waals surface area contributed by atoms with E-state index in [1.54, 1.807) is 6.07 Å². The number of aromatic nitrogens is 2. The van der Waals surface area contributed by atoms with Crippen molar-refractivity contribution in [2.75, 3.05) is 26.7 Å². The van der Waals surface area contributed by atoms with Crippen LogP contribution < -0.4 is 5.73 Å². The molecule has 110 valence electrons. The van der Waals surface area contributed by atoms with Crippen molar-refractivity contribution in [3.63, 3.8) is 0 Å². The fraction of sp³-hybridized carbons (Fsp3) is 0.500. The standard InChI is InChI=1S/C14H21FN4O/c1-18(7-8-20)10-14-17-12-9-11(15)3-4-13(12)19(14)6-2-5-16/h3-4,9,20H,2,5-8,10,16H2,1H3. The molecule has 2 rings (SSSR count). The van der Waals surface area contributed by atoms with Gasteiger partial charge in [-0.05, 0) is 32.1 Å². The Balaban J connectivity index is 2.34. The lowest BCUT2D eigenvalue weighted by atomic mass is 10.3. The maximum absolute atomic E-state index is 13.3. The second kappa shape index (κ2) is 6.78. The molecule has 5 nitrogen and oxygen atoms in total. The average molecular weight is 280 g/mol. The zero-order chi connectivity index (χ0) is 14.5. The Hall–Kier alpha value is -1.50. The van der Waals surface area contributed by atoms with Crippen LogP contribution in [0.2, 0.25) is 0 Å². The van der Waals surface area contributed by atoms with Gasteiger partial charge in [0.25, 0.3) is 0 Å². The zero-order valence-corrected chi connectivity index (χ0v) is 11.7. The van der Waals surface area contributed by atoms with Gasteiger partial charge < -0.3 is 15.4 Å². The van der Waals surface area contributed by atoms with Gasteiger partial charge in [-0.15, -0.1) is 0 Å². The largest absolute Gasteiger partial charge is 0.395 e. The normalized spacial score (nSPS) is 11.7. The summed E-state index contributed by atoms with van der Waals surface area (Å²) in [6.45, 7) is 2.66. The van der Waals surface area contributed by atoms with Crippen molar-refractivity contribution in [2.24, 2.45) is 5.73 Å². The molecule has 0 amide bonds. The van der Waals surface area contributed by atoms with Gasteiger partial charge in [-0.25, -0.2) is 9.37 Å². The molecule has 0 unspecified atom stereocenters. The highest BCUT2D eigenvalue weighted by Gasteiger charge is 2.12. The molecule has 0 aliphatic rings. The molecule has 0 atom stereocenters. The predicted molar refractivity (Wildman–Crippen MR) is 76.8 cm³/mol. The number of aryl methyl sites for hydroxylation is 1. The Kier molecular flexibility index (Phi) is 5.05. The molecule has 1 aromatic heterocycles. The quantitative estimate of drug-likeness (QED) is 0.792. The van der Waals surface area contributed by atoms with E-state index in [2.05, 4.69) is 9.55 Å². The highest BCUT2D eigenvalue weighted by Crippen LogP contribution is 2.19. The first-order valence-electron chi connectivity index (χ1n) is 6.80. The summed E-state index contributed by atoms with van der Waals surface area (Å²) in [5, 5.41) is 8.97. The first kappa shape index (κ1) is 14.9. The average Bonchev–Trinajstić information content (AvgIpc) is 2.73. The Morgan fingerprint density at radius 3 is 2.95 bits per heavy atom. The Morgan fingerprint density at radius 1 is 1.45 bits per heavy atom. The summed E-state index contributed by atoms with van der Waals surface area (Å²) in [5.41, 5.74) is 7.16. The number of benzene rings is 1. The second-order valence-corrected chi connectivity index (χ2v) is 4.92. The first-order valence-corrected chi connectivity index (χ1v) is 6.80. The van der Waals surface area contributed by atoms with Gasteiger partial charge in [0.15, 0.2) is 0 Å². The fourth-order valence-corrected chi connectivity index (χ4v) is 2.26. The number of rotatable bonds is 7. The second-order valence-electron chi connectivity index (χ2n) is 4.92. The minimum atomic E-state index is -0.281. The van der Waals surface area contributed by atoms with Crippen molar-refractivity contribution in [1.29, 1.82) is 0 Å². The Labute approximate surface area is 117 Å². The van der Waals surface area contributed by atoms with Gasteiger partial charge >= 0.3 is 0 Å². The number of nitrogens with two attached hydrogens (primary N) is 1. The molecular formula is C14H21FN4O. The van der Waals surface area contributed by atoms with Crippen molar-refractivity contribution >= 4 is 11.0 Å². The molecule has 0 saturated heterocycles. The molecular weight excluding hydrogens is 259 g/mol. The van der Waals surface area contributed by atoms with Gasteiger partial charge in [0.05, 0.1) is 24.2 Å². The van der Waals surface area contributed by atoms with Gasteiger partial charge in [-0.2, -0.15) is 0 Å². The fourth-order valence-electron chi connectivity index (χ4n) is 2.26. The number of aliphatic hydroxyl groups is 1. The third kappa shape index (κ3) is 3.33. The number of likely N-dealkylation sites (N-methyl/N-ethyl adjacent to an activating group) is 1. The topological polar surface area (TPSA) is 67.3 Å².